The molecule has 0 aromatic heterocycles. The summed E-state index contributed by atoms with van der Waals surface area (Å²) in [5.41, 5.74) is 2.72. The highest BCUT2D eigenvalue weighted by Gasteiger charge is 2.08. The summed E-state index contributed by atoms with van der Waals surface area (Å²) in [6, 6.07) is 22.1. The fourth-order valence-electron chi connectivity index (χ4n) is 3.39. The molecule has 0 saturated carbocycles. The molecule has 0 saturated heterocycles. The Kier molecular flexibility index (Phi) is 2.34. The number of aryl methyl sites for hydroxylation is 2. The lowest BCUT2D eigenvalue weighted by molar-refractivity contribution is 1.48. The van der Waals surface area contributed by atoms with E-state index < -0.39 is 0 Å². The van der Waals surface area contributed by atoms with Gasteiger partial charge in [0.1, 0.15) is 0 Å². The molecule has 0 heterocycles. The van der Waals surface area contributed by atoms with Crippen molar-refractivity contribution in [1.82, 2.24) is 0 Å². The first-order valence-corrected chi connectivity index (χ1v) is 7.06. The van der Waals surface area contributed by atoms with Crippen LogP contribution in [-0.2, 0) is 0 Å². The monoisotopic (exact) mass is 256 g/mol. The number of rotatable bonds is 0. The van der Waals surface area contributed by atoms with Crippen molar-refractivity contribution in [2.75, 3.05) is 0 Å². The minimum atomic E-state index is 1.31. The molecular formula is C20H16. The van der Waals surface area contributed by atoms with Crippen LogP contribution in [0.5, 0.6) is 0 Å². The molecule has 0 nitrogen and oxygen atoms in total. The van der Waals surface area contributed by atoms with Crippen LogP contribution >= 0.6 is 0 Å². The lowest BCUT2D eigenvalue weighted by Gasteiger charge is -2.12. The summed E-state index contributed by atoms with van der Waals surface area (Å²) >= 11 is 0. The topological polar surface area (TPSA) is 0 Å². The molecule has 96 valence electrons. The van der Waals surface area contributed by atoms with Crippen LogP contribution < -0.4 is 0 Å². The van der Waals surface area contributed by atoms with E-state index in [0.717, 1.165) is 0 Å². The molecule has 4 rings (SSSR count). The summed E-state index contributed by atoms with van der Waals surface area (Å²) in [6.07, 6.45) is 0. The fourth-order valence-corrected chi connectivity index (χ4v) is 3.39. The average molecular weight is 256 g/mol. The van der Waals surface area contributed by atoms with E-state index in [4.69, 9.17) is 0 Å². The van der Waals surface area contributed by atoms with Gasteiger partial charge >= 0.3 is 0 Å². The zero-order chi connectivity index (χ0) is 13.7. The highest BCUT2D eigenvalue weighted by Crippen LogP contribution is 2.34. The van der Waals surface area contributed by atoms with Crippen molar-refractivity contribution in [2.45, 2.75) is 13.8 Å². The van der Waals surface area contributed by atoms with Gasteiger partial charge in [0.25, 0.3) is 0 Å². The van der Waals surface area contributed by atoms with Crippen LogP contribution in [0.1, 0.15) is 11.1 Å². The third-order valence-corrected chi connectivity index (χ3v) is 4.29. The predicted molar refractivity (Wildman–Crippen MR) is 88.4 cm³/mol. The van der Waals surface area contributed by atoms with Gasteiger partial charge in [-0.2, -0.15) is 0 Å². The maximum atomic E-state index is 2.34. The fraction of sp³-hybridized carbons (Fsp3) is 0.100. The minimum absolute atomic E-state index is 1.31. The van der Waals surface area contributed by atoms with Crippen LogP contribution in [0, 0.1) is 13.8 Å². The maximum Gasteiger partial charge on any atom is -0.00963 e. The summed E-state index contributed by atoms with van der Waals surface area (Å²) in [5, 5.41) is 8.13. The van der Waals surface area contributed by atoms with Crippen molar-refractivity contribution in [3.05, 3.63) is 71.8 Å². The number of hydrogen-bond donors (Lipinski definition) is 0. The molecule has 0 unspecified atom stereocenters. The molecule has 20 heavy (non-hydrogen) atoms. The highest BCUT2D eigenvalue weighted by atomic mass is 14.1. The summed E-state index contributed by atoms with van der Waals surface area (Å²) in [5.74, 6) is 0. The van der Waals surface area contributed by atoms with Crippen molar-refractivity contribution < 1.29 is 0 Å². The Morgan fingerprint density at radius 3 is 2.25 bits per heavy atom. The zero-order valence-electron chi connectivity index (χ0n) is 11.8. The van der Waals surface area contributed by atoms with E-state index in [2.05, 4.69) is 74.5 Å². The van der Waals surface area contributed by atoms with Gasteiger partial charge in [0.15, 0.2) is 0 Å². The van der Waals surface area contributed by atoms with Gasteiger partial charge in [0, 0.05) is 0 Å². The molecule has 4 aromatic carbocycles. The smallest absolute Gasteiger partial charge is 0.00963 e. The van der Waals surface area contributed by atoms with Gasteiger partial charge in [-0.3, -0.25) is 0 Å². The molecule has 0 amide bonds. The predicted octanol–water partition coefficient (Wildman–Crippen LogP) is 5.76. The minimum Gasteiger partial charge on any atom is -0.0616 e. The van der Waals surface area contributed by atoms with Gasteiger partial charge in [-0.1, -0.05) is 60.7 Å². The summed E-state index contributed by atoms with van der Waals surface area (Å²) < 4.78 is 0. The van der Waals surface area contributed by atoms with Gasteiger partial charge < -0.3 is 0 Å². The Labute approximate surface area is 118 Å². The van der Waals surface area contributed by atoms with E-state index in [-0.39, 0.29) is 0 Å². The van der Waals surface area contributed by atoms with Crippen LogP contribution in [0.15, 0.2) is 60.7 Å². The number of fused-ring (bicyclic) bond motifs is 5. The van der Waals surface area contributed by atoms with Gasteiger partial charge in [0.05, 0.1) is 0 Å². The Bertz CT molecular complexity index is 962. The van der Waals surface area contributed by atoms with E-state index in [1.807, 2.05) is 0 Å². The third-order valence-electron chi connectivity index (χ3n) is 4.29. The molecule has 0 radical (unpaired) electrons. The second-order valence-corrected chi connectivity index (χ2v) is 5.57. The first-order chi connectivity index (χ1) is 9.75. The van der Waals surface area contributed by atoms with Crippen molar-refractivity contribution in [2.24, 2.45) is 0 Å². The summed E-state index contributed by atoms with van der Waals surface area (Å²) in [6.45, 7) is 4.42. The van der Waals surface area contributed by atoms with E-state index in [9.17, 15) is 0 Å². The molecule has 0 aliphatic carbocycles. The third kappa shape index (κ3) is 1.48. The Morgan fingerprint density at radius 1 is 0.550 bits per heavy atom. The van der Waals surface area contributed by atoms with E-state index >= 15 is 0 Å². The number of benzene rings is 4. The molecule has 0 fully saturated rings. The molecule has 0 N–H and O–H groups in total. The molecule has 0 spiro atoms. The van der Waals surface area contributed by atoms with Crippen LogP contribution in [0.4, 0.5) is 0 Å². The maximum absolute atomic E-state index is 2.34. The first kappa shape index (κ1) is 11.5. The van der Waals surface area contributed by atoms with Gasteiger partial charge in [-0.05, 0) is 57.3 Å². The summed E-state index contributed by atoms with van der Waals surface area (Å²) in [4.78, 5) is 0. The lowest BCUT2D eigenvalue weighted by atomic mass is 9.92. The Hall–Kier alpha value is -2.34. The van der Waals surface area contributed by atoms with Gasteiger partial charge in [-0.25, -0.2) is 0 Å². The molecule has 0 atom stereocenters. The standard InChI is InChI=1S/C20H16/c1-13-6-5-9-18-17-11-10-15-7-3-4-8-16(15)19(17)12-14(2)20(13)18/h3-12H,1-2H3. The summed E-state index contributed by atoms with van der Waals surface area (Å²) in [7, 11) is 0. The van der Waals surface area contributed by atoms with Gasteiger partial charge in [-0.15, -0.1) is 0 Å². The van der Waals surface area contributed by atoms with Gasteiger partial charge in [0.2, 0.25) is 0 Å². The van der Waals surface area contributed by atoms with Crippen LogP contribution in [0.25, 0.3) is 32.3 Å². The van der Waals surface area contributed by atoms with Crippen molar-refractivity contribution >= 4 is 32.3 Å². The van der Waals surface area contributed by atoms with E-state index in [0.29, 0.717) is 0 Å². The quantitative estimate of drug-likeness (QED) is 0.351. The molecule has 0 aliphatic rings. The highest BCUT2D eigenvalue weighted by molar-refractivity contribution is 6.18. The Balaban J connectivity index is 2.33. The Morgan fingerprint density at radius 2 is 1.35 bits per heavy atom. The van der Waals surface area contributed by atoms with Crippen LogP contribution in [0.3, 0.4) is 0 Å². The van der Waals surface area contributed by atoms with Crippen LogP contribution in [-0.4, -0.2) is 0 Å². The zero-order valence-corrected chi connectivity index (χ0v) is 11.8. The van der Waals surface area contributed by atoms with Crippen molar-refractivity contribution in [1.29, 1.82) is 0 Å². The molecule has 4 aromatic rings. The largest absolute Gasteiger partial charge is 0.0616 e. The number of hydrogen-bond acceptors (Lipinski definition) is 0. The van der Waals surface area contributed by atoms with Crippen LogP contribution in [0.2, 0.25) is 0 Å². The second-order valence-electron chi connectivity index (χ2n) is 5.57. The first-order valence-electron chi connectivity index (χ1n) is 7.06. The van der Waals surface area contributed by atoms with E-state index in [1.54, 1.807) is 0 Å². The molecular weight excluding hydrogens is 240 g/mol. The average Bonchev–Trinajstić information content (AvgIpc) is 2.47. The second kappa shape index (κ2) is 4.08. The normalized spacial score (nSPS) is 11.5. The van der Waals surface area contributed by atoms with Crippen molar-refractivity contribution in [3.63, 3.8) is 0 Å². The SMILES string of the molecule is Cc1cccc2c1c(C)cc1c3ccccc3ccc21. The lowest BCUT2D eigenvalue weighted by Crippen LogP contribution is -1.86. The van der Waals surface area contributed by atoms with Crippen molar-refractivity contribution in [3.8, 4) is 0 Å². The molecule has 0 bridgehead atoms. The molecule has 0 aliphatic heterocycles. The van der Waals surface area contributed by atoms with E-state index in [1.165, 1.54) is 43.4 Å². The molecule has 0 heteroatoms.